The molecule has 0 heterocycles. The summed E-state index contributed by atoms with van der Waals surface area (Å²) in [5.74, 6) is -1.68. The molecule has 0 N–H and O–H groups in total. The highest BCUT2D eigenvalue weighted by molar-refractivity contribution is 6.03. The van der Waals surface area contributed by atoms with Crippen LogP contribution in [0, 0.1) is 11.3 Å². The summed E-state index contributed by atoms with van der Waals surface area (Å²) in [5.41, 5.74) is 0.0239. The van der Waals surface area contributed by atoms with Crippen LogP contribution in [0.1, 0.15) is 84.5 Å². The quantitative estimate of drug-likeness (QED) is 0.149. The first-order valence-corrected chi connectivity index (χ1v) is 9.05. The number of nitriles is 1. The van der Waals surface area contributed by atoms with Gasteiger partial charge < -0.3 is 4.74 Å². The Morgan fingerprint density at radius 2 is 1.46 bits per heavy atom. The van der Waals surface area contributed by atoms with E-state index in [1.165, 1.54) is 58.3 Å². The number of unbranched alkanes of at least 4 members (excludes halogenated alkanes) is 10. The van der Waals surface area contributed by atoms with E-state index < -0.39 is 11.9 Å². The summed E-state index contributed by atoms with van der Waals surface area (Å²) in [5, 5.41) is 8.96. The third kappa shape index (κ3) is 11.6. The Morgan fingerprint density at radius 1 is 0.958 bits per heavy atom. The summed E-state index contributed by atoms with van der Waals surface area (Å²) in [4.78, 5) is 22.9. The summed E-state index contributed by atoms with van der Waals surface area (Å²) in [7, 11) is 0. The lowest BCUT2D eigenvalue weighted by Crippen LogP contribution is -2.14. The molecule has 0 bridgehead atoms. The summed E-state index contributed by atoms with van der Waals surface area (Å²) < 4.78 is 4.55. The minimum Gasteiger partial charge on any atom is -0.385 e. The normalized spacial score (nSPS) is 11.0. The molecule has 4 heteroatoms. The zero-order chi connectivity index (χ0) is 18.2. The third-order valence-corrected chi connectivity index (χ3v) is 3.78. The van der Waals surface area contributed by atoms with Crippen molar-refractivity contribution in [1.29, 1.82) is 5.26 Å². The number of carbonyl (C=O) groups is 2. The average molecular weight is 333 g/mol. The lowest BCUT2D eigenvalue weighted by atomic mass is 10.1. The van der Waals surface area contributed by atoms with Gasteiger partial charge in [0.15, 0.2) is 0 Å². The summed E-state index contributed by atoms with van der Waals surface area (Å²) in [6.07, 6.45) is 14.6. The Bertz CT molecular complexity index is 472. The molecule has 0 aliphatic heterocycles. The fraction of sp³-hybridized carbons (Fsp3) is 0.650. The van der Waals surface area contributed by atoms with Crippen LogP contribution in [-0.2, 0) is 14.3 Å². The average Bonchev–Trinajstić information content (AvgIpc) is 2.55. The van der Waals surface area contributed by atoms with Gasteiger partial charge in [-0.15, -0.1) is 0 Å². The lowest BCUT2D eigenvalue weighted by molar-refractivity contribution is -0.153. The zero-order valence-electron chi connectivity index (χ0n) is 15.2. The molecule has 0 aromatic rings. The van der Waals surface area contributed by atoms with Crippen LogP contribution < -0.4 is 0 Å². The molecule has 0 aromatic heterocycles. The molecule has 0 aromatic carbocycles. The molecular weight excluding hydrogens is 302 g/mol. The molecule has 0 saturated heterocycles. The van der Waals surface area contributed by atoms with Crippen molar-refractivity contribution in [2.45, 2.75) is 84.5 Å². The number of allylic oxidation sites excluding steroid dienone is 1. The van der Waals surface area contributed by atoms with Crippen molar-refractivity contribution in [3.8, 4) is 6.07 Å². The van der Waals surface area contributed by atoms with Gasteiger partial charge in [-0.1, -0.05) is 77.4 Å². The third-order valence-electron chi connectivity index (χ3n) is 3.78. The molecule has 0 rings (SSSR count). The summed E-state index contributed by atoms with van der Waals surface area (Å²) in [6, 6.07) is 1.79. The highest BCUT2D eigenvalue weighted by atomic mass is 16.6. The van der Waals surface area contributed by atoms with Crippen molar-refractivity contribution in [3.05, 3.63) is 23.8 Å². The number of hydrogen-bond acceptors (Lipinski definition) is 4. The van der Waals surface area contributed by atoms with Crippen LogP contribution in [0.5, 0.6) is 0 Å². The Morgan fingerprint density at radius 3 is 1.92 bits per heavy atom. The second kappa shape index (κ2) is 14.7. The Balaban J connectivity index is 3.80. The molecule has 134 valence electrons. The van der Waals surface area contributed by atoms with Crippen molar-refractivity contribution in [3.63, 3.8) is 0 Å². The van der Waals surface area contributed by atoms with E-state index in [1.54, 1.807) is 12.1 Å². The molecule has 4 nitrogen and oxygen atoms in total. The molecule has 0 radical (unpaired) electrons. The van der Waals surface area contributed by atoms with Crippen LogP contribution in [0.3, 0.4) is 0 Å². The molecular formula is C20H31NO3. The van der Waals surface area contributed by atoms with Gasteiger partial charge in [0.05, 0.1) is 0 Å². The maximum Gasteiger partial charge on any atom is 0.356 e. The van der Waals surface area contributed by atoms with Gasteiger partial charge in [0.25, 0.3) is 0 Å². The summed E-state index contributed by atoms with van der Waals surface area (Å²) in [6.45, 7) is 7.08. The van der Waals surface area contributed by atoms with E-state index in [9.17, 15) is 9.59 Å². The van der Waals surface area contributed by atoms with Gasteiger partial charge in [-0.3, -0.25) is 0 Å². The fourth-order valence-electron chi connectivity index (χ4n) is 2.28. The van der Waals surface area contributed by atoms with Crippen molar-refractivity contribution in [2.24, 2.45) is 0 Å². The second-order valence-corrected chi connectivity index (χ2v) is 6.16. The van der Waals surface area contributed by atoms with E-state index in [-0.39, 0.29) is 11.1 Å². The van der Waals surface area contributed by atoms with Gasteiger partial charge in [-0.2, -0.15) is 5.26 Å². The first-order chi connectivity index (χ1) is 11.5. The predicted molar refractivity (Wildman–Crippen MR) is 96.1 cm³/mol. The van der Waals surface area contributed by atoms with Crippen LogP contribution >= 0.6 is 0 Å². The molecule has 0 amide bonds. The van der Waals surface area contributed by atoms with Gasteiger partial charge in [0.1, 0.15) is 11.6 Å². The lowest BCUT2D eigenvalue weighted by Gasteiger charge is -2.02. The fourth-order valence-corrected chi connectivity index (χ4v) is 2.28. The largest absolute Gasteiger partial charge is 0.385 e. The van der Waals surface area contributed by atoms with Crippen molar-refractivity contribution >= 4 is 11.9 Å². The van der Waals surface area contributed by atoms with E-state index >= 15 is 0 Å². The zero-order valence-corrected chi connectivity index (χ0v) is 15.2. The molecule has 24 heavy (non-hydrogen) atoms. The molecule has 0 spiro atoms. The van der Waals surface area contributed by atoms with E-state index in [4.69, 9.17) is 5.26 Å². The van der Waals surface area contributed by atoms with Crippen LogP contribution in [0.15, 0.2) is 23.8 Å². The number of carbonyl (C=O) groups excluding carboxylic acids is 2. The number of nitrogens with zero attached hydrogens (tertiary/aromatic N) is 1. The van der Waals surface area contributed by atoms with E-state index in [1.807, 2.05) is 0 Å². The van der Waals surface area contributed by atoms with Gasteiger partial charge in [-0.25, -0.2) is 9.59 Å². The highest BCUT2D eigenvalue weighted by Gasteiger charge is 2.15. The van der Waals surface area contributed by atoms with Crippen LogP contribution in [0.4, 0.5) is 0 Å². The molecule has 0 atom stereocenters. The number of ether oxygens (including phenoxy) is 1. The monoisotopic (exact) mass is 333 g/mol. The topological polar surface area (TPSA) is 67.2 Å². The molecule has 0 aliphatic carbocycles. The van der Waals surface area contributed by atoms with Gasteiger partial charge in [0, 0.05) is 5.57 Å². The predicted octanol–water partition coefficient (Wildman–Crippen LogP) is 5.39. The SMILES string of the molecule is C=C(C)C(=O)OC(=O)C(C#N)=CCCCCCCCCCCCC. The van der Waals surface area contributed by atoms with Crippen LogP contribution in [0.25, 0.3) is 0 Å². The van der Waals surface area contributed by atoms with Gasteiger partial charge in [-0.05, 0) is 19.8 Å². The number of rotatable bonds is 13. The van der Waals surface area contributed by atoms with E-state index in [0.29, 0.717) is 6.42 Å². The van der Waals surface area contributed by atoms with Crippen molar-refractivity contribution in [1.82, 2.24) is 0 Å². The molecule has 0 unspecified atom stereocenters. The van der Waals surface area contributed by atoms with E-state index in [2.05, 4.69) is 18.2 Å². The summed E-state index contributed by atoms with van der Waals surface area (Å²) >= 11 is 0. The van der Waals surface area contributed by atoms with Crippen molar-refractivity contribution < 1.29 is 14.3 Å². The highest BCUT2D eigenvalue weighted by Crippen LogP contribution is 2.12. The first-order valence-electron chi connectivity index (χ1n) is 9.05. The van der Waals surface area contributed by atoms with Crippen LogP contribution in [0.2, 0.25) is 0 Å². The minimum absolute atomic E-state index is 0.111. The maximum atomic E-state index is 11.6. The Labute approximate surface area is 146 Å². The Hall–Kier alpha value is -1.89. The first kappa shape index (κ1) is 22.1. The maximum absolute atomic E-state index is 11.6. The second-order valence-electron chi connectivity index (χ2n) is 6.16. The van der Waals surface area contributed by atoms with Crippen LogP contribution in [-0.4, -0.2) is 11.9 Å². The standard InChI is InChI=1S/C20H31NO3/c1-4-5-6-7-8-9-10-11-12-13-14-15-18(16-21)20(23)24-19(22)17(2)3/h15H,2,4-14H2,1,3H3. The van der Waals surface area contributed by atoms with Crippen molar-refractivity contribution in [2.75, 3.05) is 0 Å². The molecule has 0 saturated carbocycles. The Kier molecular flexibility index (Phi) is 13.5. The van der Waals surface area contributed by atoms with Gasteiger partial charge in [0.2, 0.25) is 0 Å². The van der Waals surface area contributed by atoms with Gasteiger partial charge >= 0.3 is 11.9 Å². The number of hydrogen-bond donors (Lipinski definition) is 0. The smallest absolute Gasteiger partial charge is 0.356 e. The van der Waals surface area contributed by atoms with E-state index in [0.717, 1.165) is 12.8 Å². The number of esters is 2. The molecule has 0 aliphatic rings. The minimum atomic E-state index is -0.891. The molecule has 0 fully saturated rings.